The Morgan fingerprint density at radius 2 is 1.08 bits per heavy atom. The van der Waals surface area contributed by atoms with Gasteiger partial charge in [0.15, 0.2) is 0 Å². The summed E-state index contributed by atoms with van der Waals surface area (Å²) in [6, 6.07) is 33.8. The summed E-state index contributed by atoms with van der Waals surface area (Å²) in [7, 11) is 0. The van der Waals surface area contributed by atoms with E-state index < -0.39 is 0 Å². The van der Waals surface area contributed by atoms with E-state index in [4.69, 9.17) is 9.72 Å². The molecule has 0 saturated carbocycles. The Balaban J connectivity index is 1.37. The molecule has 6 aromatic rings. The van der Waals surface area contributed by atoms with Crippen LogP contribution in [-0.4, -0.2) is 16.2 Å². The standard InChI is InChI=1S/C56H72N4O/c1-36(2)25-38-27-39(26-37(3)4)29-42(28-38)58-35-59(52(56(14,15)16)51(58)55(11,12)13)43-30-41(54(8,9)10)31-45(33-43)61-44-21-22-47-46-19-17-18-20-48(46)60(49(47)34-44)50-32-40(23-24-57-50)53(5,6)7/h17-24,27-34,36-37H,25-26,35H2,1-16H3. The lowest BCUT2D eigenvalue weighted by Crippen LogP contribution is -2.31. The van der Waals surface area contributed by atoms with Crippen LogP contribution in [0, 0.1) is 22.7 Å². The lowest BCUT2D eigenvalue weighted by atomic mass is 9.81. The van der Waals surface area contributed by atoms with Crippen molar-refractivity contribution in [1.29, 1.82) is 0 Å². The summed E-state index contributed by atoms with van der Waals surface area (Å²) in [6.07, 6.45) is 4.07. The van der Waals surface area contributed by atoms with E-state index in [-0.39, 0.29) is 21.7 Å². The third-order valence-corrected chi connectivity index (χ3v) is 11.9. The van der Waals surface area contributed by atoms with Gasteiger partial charge in [-0.15, -0.1) is 0 Å². The first-order valence-electron chi connectivity index (χ1n) is 22.6. The molecular formula is C56H72N4O. The van der Waals surface area contributed by atoms with Crippen LogP contribution >= 0.6 is 0 Å². The van der Waals surface area contributed by atoms with Gasteiger partial charge >= 0.3 is 0 Å². The summed E-state index contributed by atoms with van der Waals surface area (Å²) < 4.78 is 9.32. The van der Waals surface area contributed by atoms with Crippen LogP contribution in [0.5, 0.6) is 11.5 Å². The van der Waals surface area contributed by atoms with Gasteiger partial charge in [-0.2, -0.15) is 0 Å². The Kier molecular flexibility index (Phi) is 11.6. The summed E-state index contributed by atoms with van der Waals surface area (Å²) in [6.45, 7) is 37.9. The van der Waals surface area contributed by atoms with E-state index >= 15 is 0 Å². The van der Waals surface area contributed by atoms with Crippen molar-refractivity contribution in [3.05, 3.63) is 131 Å². The average molecular weight is 817 g/mol. The van der Waals surface area contributed by atoms with Crippen molar-refractivity contribution in [2.75, 3.05) is 16.5 Å². The molecular weight excluding hydrogens is 745 g/mol. The van der Waals surface area contributed by atoms with E-state index in [0.29, 0.717) is 11.8 Å². The van der Waals surface area contributed by atoms with E-state index in [1.807, 2.05) is 6.20 Å². The smallest absolute Gasteiger partial charge is 0.137 e. The van der Waals surface area contributed by atoms with Crippen molar-refractivity contribution >= 4 is 33.2 Å². The molecule has 0 unspecified atom stereocenters. The molecule has 0 spiro atoms. The predicted octanol–water partition coefficient (Wildman–Crippen LogP) is 15.6. The van der Waals surface area contributed by atoms with Gasteiger partial charge in [-0.25, -0.2) is 4.98 Å². The summed E-state index contributed by atoms with van der Waals surface area (Å²) >= 11 is 0. The average Bonchev–Trinajstić information content (AvgIpc) is 3.71. The number of anilines is 2. The van der Waals surface area contributed by atoms with Crippen molar-refractivity contribution in [1.82, 2.24) is 9.55 Å². The second kappa shape index (κ2) is 16.0. The highest BCUT2D eigenvalue weighted by Gasteiger charge is 2.42. The van der Waals surface area contributed by atoms with Gasteiger partial charge in [0.2, 0.25) is 0 Å². The number of nitrogens with zero attached hydrogens (tertiary/aromatic N) is 4. The Bertz CT molecular complexity index is 2560. The number of hydrogen-bond donors (Lipinski definition) is 0. The number of benzene rings is 4. The van der Waals surface area contributed by atoms with Crippen LogP contribution in [0.1, 0.15) is 133 Å². The number of ether oxygens (including phenoxy) is 1. The van der Waals surface area contributed by atoms with Crippen LogP contribution in [0.25, 0.3) is 27.6 Å². The Morgan fingerprint density at radius 3 is 1.64 bits per heavy atom. The molecule has 0 amide bonds. The summed E-state index contributed by atoms with van der Waals surface area (Å²) in [5.41, 5.74) is 12.3. The fraction of sp³-hybridized carbons (Fsp3) is 0.446. The highest BCUT2D eigenvalue weighted by Crippen LogP contribution is 2.49. The molecule has 0 aliphatic carbocycles. The van der Waals surface area contributed by atoms with Crippen molar-refractivity contribution < 1.29 is 4.74 Å². The quantitative estimate of drug-likeness (QED) is 0.146. The van der Waals surface area contributed by atoms with E-state index in [2.05, 4.69) is 216 Å². The summed E-state index contributed by atoms with van der Waals surface area (Å²) in [5, 5.41) is 2.38. The number of fused-ring (bicyclic) bond motifs is 3. The second-order valence-corrected chi connectivity index (χ2v) is 22.7. The molecule has 0 radical (unpaired) electrons. The first-order chi connectivity index (χ1) is 28.4. The maximum atomic E-state index is 7.03. The number of para-hydroxylation sites is 1. The second-order valence-electron chi connectivity index (χ2n) is 22.7. The van der Waals surface area contributed by atoms with Crippen LogP contribution in [0.15, 0.2) is 109 Å². The molecule has 5 heteroatoms. The zero-order valence-corrected chi connectivity index (χ0v) is 40.2. The maximum Gasteiger partial charge on any atom is 0.137 e. The van der Waals surface area contributed by atoms with Crippen molar-refractivity contribution in [2.45, 2.75) is 134 Å². The summed E-state index contributed by atoms with van der Waals surface area (Å²) in [4.78, 5) is 10.1. The van der Waals surface area contributed by atoms with Gasteiger partial charge in [-0.1, -0.05) is 135 Å². The Hall–Kier alpha value is -5.03. The Morgan fingerprint density at radius 1 is 0.525 bits per heavy atom. The van der Waals surface area contributed by atoms with Gasteiger partial charge in [0.05, 0.1) is 17.7 Å². The lowest BCUT2D eigenvalue weighted by molar-refractivity contribution is 0.444. The highest BCUT2D eigenvalue weighted by atomic mass is 16.5. The van der Waals surface area contributed by atoms with Gasteiger partial charge in [0.1, 0.15) is 17.3 Å². The molecule has 3 heterocycles. The minimum absolute atomic E-state index is 0.00292. The number of aromatic nitrogens is 2. The molecule has 322 valence electrons. The van der Waals surface area contributed by atoms with Crippen LogP contribution in [0.2, 0.25) is 0 Å². The number of pyridine rings is 1. The van der Waals surface area contributed by atoms with Crippen LogP contribution in [0.4, 0.5) is 11.4 Å². The zero-order chi connectivity index (χ0) is 44.4. The topological polar surface area (TPSA) is 33.5 Å². The predicted molar refractivity (Wildman–Crippen MR) is 262 cm³/mol. The molecule has 0 saturated heterocycles. The van der Waals surface area contributed by atoms with Crippen molar-refractivity contribution in [3.8, 4) is 17.3 Å². The molecule has 7 rings (SSSR count). The largest absolute Gasteiger partial charge is 0.457 e. The molecule has 5 nitrogen and oxygen atoms in total. The third-order valence-electron chi connectivity index (χ3n) is 11.9. The molecule has 61 heavy (non-hydrogen) atoms. The van der Waals surface area contributed by atoms with Gasteiger partial charge in [0.25, 0.3) is 0 Å². The van der Waals surface area contributed by atoms with E-state index in [0.717, 1.165) is 53.5 Å². The molecule has 0 N–H and O–H groups in total. The van der Waals surface area contributed by atoms with Crippen LogP contribution in [0.3, 0.4) is 0 Å². The Labute approximate surface area is 367 Å². The molecule has 2 aromatic heterocycles. The first-order valence-corrected chi connectivity index (χ1v) is 22.6. The highest BCUT2D eigenvalue weighted by molar-refractivity contribution is 6.09. The molecule has 4 aromatic carbocycles. The van der Waals surface area contributed by atoms with E-state index in [1.54, 1.807) is 0 Å². The SMILES string of the molecule is CC(C)Cc1cc(CC(C)C)cc(N2CN(c3cc(Oc4ccc5c6ccccc6n(-c6cc(C(C)(C)C)ccn6)c5c4)cc(C(C)(C)C)c3)C(C(C)(C)C)=C2C(C)(C)C)c1. The number of hydrogen-bond acceptors (Lipinski definition) is 4. The molecule has 1 aliphatic heterocycles. The van der Waals surface area contributed by atoms with Crippen LogP contribution < -0.4 is 14.5 Å². The number of allylic oxidation sites excluding steroid dienone is 2. The lowest BCUT2D eigenvalue weighted by Gasteiger charge is -2.34. The minimum Gasteiger partial charge on any atom is -0.457 e. The van der Waals surface area contributed by atoms with Gasteiger partial charge in [-0.3, -0.25) is 4.57 Å². The molecule has 1 aliphatic rings. The van der Waals surface area contributed by atoms with E-state index in [1.165, 1.54) is 50.1 Å². The normalized spacial score (nSPS) is 14.5. The zero-order valence-electron chi connectivity index (χ0n) is 40.2. The summed E-state index contributed by atoms with van der Waals surface area (Å²) in [5.74, 6) is 3.70. The molecule has 0 bridgehead atoms. The molecule has 0 fully saturated rings. The van der Waals surface area contributed by atoms with Gasteiger partial charge in [-0.05, 0) is 112 Å². The first kappa shape index (κ1) is 44.0. The van der Waals surface area contributed by atoms with Crippen LogP contribution in [-0.2, 0) is 23.7 Å². The minimum atomic E-state index is -0.136. The number of rotatable bonds is 9. The fourth-order valence-corrected chi connectivity index (χ4v) is 9.19. The van der Waals surface area contributed by atoms with Gasteiger partial charge in [0, 0.05) is 62.7 Å². The third kappa shape index (κ3) is 9.27. The fourth-order valence-electron chi connectivity index (χ4n) is 9.19. The van der Waals surface area contributed by atoms with Gasteiger partial charge < -0.3 is 14.5 Å². The van der Waals surface area contributed by atoms with E-state index in [9.17, 15) is 0 Å². The van der Waals surface area contributed by atoms with Crippen molar-refractivity contribution in [3.63, 3.8) is 0 Å². The monoisotopic (exact) mass is 817 g/mol. The maximum absolute atomic E-state index is 7.03. The van der Waals surface area contributed by atoms with Crippen molar-refractivity contribution in [2.24, 2.45) is 22.7 Å². The molecule has 0 atom stereocenters.